The van der Waals surface area contributed by atoms with E-state index in [0.29, 0.717) is 11.4 Å². The molecule has 0 unspecified atom stereocenters. The molecular weight excluding hydrogens is 356 g/mol. The van der Waals surface area contributed by atoms with Gasteiger partial charge in [-0.3, -0.25) is 0 Å². The first-order valence-corrected chi connectivity index (χ1v) is 10.5. The van der Waals surface area contributed by atoms with Gasteiger partial charge < -0.3 is 4.90 Å². The summed E-state index contributed by atoms with van der Waals surface area (Å²) in [5, 5.41) is 0. The summed E-state index contributed by atoms with van der Waals surface area (Å²) in [4.78, 5) is 2.91. The number of nitrogens with one attached hydrogen (secondary N) is 1. The number of rotatable bonds is 6. The van der Waals surface area contributed by atoms with E-state index >= 15 is 0 Å². The molecule has 0 bridgehead atoms. The van der Waals surface area contributed by atoms with Crippen LogP contribution in [0.5, 0.6) is 0 Å². The van der Waals surface area contributed by atoms with Gasteiger partial charge in [-0.1, -0.05) is 13.0 Å². The van der Waals surface area contributed by atoms with Gasteiger partial charge in [0.25, 0.3) is 0 Å². The summed E-state index contributed by atoms with van der Waals surface area (Å²) in [6.45, 7) is 13.8. The third-order valence-electron chi connectivity index (χ3n) is 5.39. The van der Waals surface area contributed by atoms with Gasteiger partial charge in [-0.05, 0) is 94.8 Å². The Labute approximate surface area is 159 Å². The Bertz CT molecular complexity index is 655. The molecule has 25 heavy (non-hydrogen) atoms. The van der Waals surface area contributed by atoms with E-state index in [-0.39, 0.29) is 12.4 Å². The van der Waals surface area contributed by atoms with Crippen molar-refractivity contribution >= 4 is 22.4 Å². The van der Waals surface area contributed by atoms with E-state index in [4.69, 9.17) is 0 Å². The summed E-state index contributed by atoms with van der Waals surface area (Å²) in [5.41, 5.74) is 3.77. The number of benzene rings is 1. The SMILES string of the molecule is Cc1cc(C)c(C)c(S(=O)(=O)NCCCN2CCC(C)CC2)c1C.Cl. The van der Waals surface area contributed by atoms with Crippen molar-refractivity contribution in [3.05, 3.63) is 28.3 Å². The topological polar surface area (TPSA) is 49.4 Å². The Morgan fingerprint density at radius 2 is 1.60 bits per heavy atom. The summed E-state index contributed by atoms with van der Waals surface area (Å²) in [6, 6.07) is 2.06. The van der Waals surface area contributed by atoms with Crippen molar-refractivity contribution in [2.24, 2.45) is 5.92 Å². The molecule has 0 amide bonds. The van der Waals surface area contributed by atoms with Gasteiger partial charge in [0.05, 0.1) is 4.90 Å². The predicted octanol–water partition coefficient (Wildman–Crippen LogP) is 3.74. The van der Waals surface area contributed by atoms with Crippen molar-refractivity contribution in [2.75, 3.05) is 26.2 Å². The molecule has 1 aliphatic rings. The normalized spacial score (nSPS) is 16.7. The molecule has 0 saturated carbocycles. The molecule has 1 aromatic rings. The van der Waals surface area contributed by atoms with E-state index in [1.807, 2.05) is 27.7 Å². The van der Waals surface area contributed by atoms with Crippen LogP contribution in [0.4, 0.5) is 0 Å². The van der Waals surface area contributed by atoms with Crippen molar-refractivity contribution in [1.82, 2.24) is 9.62 Å². The fourth-order valence-electron chi connectivity index (χ4n) is 3.45. The van der Waals surface area contributed by atoms with Gasteiger partial charge in [0.2, 0.25) is 10.0 Å². The zero-order valence-corrected chi connectivity index (χ0v) is 17.8. The lowest BCUT2D eigenvalue weighted by Crippen LogP contribution is -2.35. The van der Waals surface area contributed by atoms with Gasteiger partial charge in [0, 0.05) is 6.54 Å². The minimum absolute atomic E-state index is 0. The van der Waals surface area contributed by atoms with Crippen LogP contribution >= 0.6 is 12.4 Å². The van der Waals surface area contributed by atoms with Crippen LogP contribution < -0.4 is 4.72 Å². The minimum Gasteiger partial charge on any atom is -0.303 e. The number of hydrogen-bond acceptors (Lipinski definition) is 3. The zero-order chi connectivity index (χ0) is 17.9. The second-order valence-corrected chi connectivity index (χ2v) is 9.07. The molecule has 0 radical (unpaired) electrons. The first kappa shape index (κ1) is 22.4. The molecule has 0 aliphatic carbocycles. The van der Waals surface area contributed by atoms with Gasteiger partial charge in [-0.2, -0.15) is 0 Å². The van der Waals surface area contributed by atoms with Gasteiger partial charge in [-0.15, -0.1) is 12.4 Å². The Hall–Kier alpha value is -0.620. The van der Waals surface area contributed by atoms with E-state index in [1.54, 1.807) is 0 Å². The van der Waals surface area contributed by atoms with Gasteiger partial charge in [0.15, 0.2) is 0 Å². The van der Waals surface area contributed by atoms with E-state index in [9.17, 15) is 8.42 Å². The second kappa shape index (κ2) is 9.36. The van der Waals surface area contributed by atoms with Crippen LogP contribution in [0.3, 0.4) is 0 Å². The highest BCUT2D eigenvalue weighted by Crippen LogP contribution is 2.25. The lowest BCUT2D eigenvalue weighted by atomic mass is 9.99. The molecule has 2 rings (SSSR count). The van der Waals surface area contributed by atoms with Gasteiger partial charge >= 0.3 is 0 Å². The molecule has 1 fully saturated rings. The van der Waals surface area contributed by atoms with E-state index in [2.05, 4.69) is 22.6 Å². The molecular formula is C19H33ClN2O2S. The number of sulfonamides is 1. The molecule has 1 aliphatic heterocycles. The fraction of sp³-hybridized carbons (Fsp3) is 0.684. The average Bonchev–Trinajstić information content (AvgIpc) is 2.51. The van der Waals surface area contributed by atoms with Crippen LogP contribution in [0.1, 0.15) is 48.4 Å². The first-order chi connectivity index (χ1) is 11.2. The third kappa shape index (κ3) is 5.68. The third-order valence-corrected chi connectivity index (χ3v) is 7.12. The Morgan fingerprint density at radius 1 is 1.08 bits per heavy atom. The van der Waals surface area contributed by atoms with Crippen molar-refractivity contribution in [2.45, 2.75) is 58.8 Å². The zero-order valence-electron chi connectivity index (χ0n) is 16.2. The first-order valence-electron chi connectivity index (χ1n) is 9.02. The van der Waals surface area contributed by atoms with E-state index < -0.39 is 10.0 Å². The van der Waals surface area contributed by atoms with Crippen molar-refractivity contribution in [3.63, 3.8) is 0 Å². The molecule has 6 heteroatoms. The molecule has 144 valence electrons. The molecule has 0 aromatic heterocycles. The highest BCUT2D eigenvalue weighted by atomic mass is 35.5. The van der Waals surface area contributed by atoms with Gasteiger partial charge in [0.1, 0.15) is 0 Å². The van der Waals surface area contributed by atoms with Crippen LogP contribution in [0.2, 0.25) is 0 Å². The molecule has 1 N–H and O–H groups in total. The molecule has 1 heterocycles. The van der Waals surface area contributed by atoms with E-state index in [1.165, 1.54) is 12.8 Å². The van der Waals surface area contributed by atoms with Crippen LogP contribution in [-0.2, 0) is 10.0 Å². The highest BCUT2D eigenvalue weighted by Gasteiger charge is 2.22. The average molecular weight is 389 g/mol. The summed E-state index contributed by atoms with van der Waals surface area (Å²) >= 11 is 0. The number of aryl methyl sites for hydroxylation is 2. The number of piperidine rings is 1. The molecule has 0 spiro atoms. The second-order valence-electron chi connectivity index (χ2n) is 7.36. The monoisotopic (exact) mass is 388 g/mol. The van der Waals surface area contributed by atoms with Gasteiger partial charge in [-0.25, -0.2) is 13.1 Å². The maximum absolute atomic E-state index is 12.7. The molecule has 1 saturated heterocycles. The number of halogens is 1. The number of hydrogen-bond donors (Lipinski definition) is 1. The number of likely N-dealkylation sites (tertiary alicyclic amines) is 1. The van der Waals surface area contributed by atoms with E-state index in [0.717, 1.165) is 54.2 Å². The van der Waals surface area contributed by atoms with Crippen LogP contribution in [0, 0.1) is 33.6 Å². The maximum Gasteiger partial charge on any atom is 0.241 e. The molecule has 4 nitrogen and oxygen atoms in total. The van der Waals surface area contributed by atoms with Crippen molar-refractivity contribution in [3.8, 4) is 0 Å². The summed E-state index contributed by atoms with van der Waals surface area (Å²) in [5.74, 6) is 0.829. The Balaban J connectivity index is 0.00000312. The summed E-state index contributed by atoms with van der Waals surface area (Å²) < 4.78 is 28.3. The standard InChI is InChI=1S/C19H32N2O2S.ClH/c1-14-7-11-21(12-8-14)10-6-9-20-24(22,23)19-17(4)15(2)13-16(3)18(19)5;/h13-14,20H,6-12H2,1-5H3;1H. The van der Waals surface area contributed by atoms with Crippen molar-refractivity contribution < 1.29 is 8.42 Å². The minimum atomic E-state index is -3.45. The smallest absolute Gasteiger partial charge is 0.241 e. The van der Waals surface area contributed by atoms with Crippen LogP contribution in [0.15, 0.2) is 11.0 Å². The largest absolute Gasteiger partial charge is 0.303 e. The van der Waals surface area contributed by atoms with Crippen molar-refractivity contribution in [1.29, 1.82) is 0 Å². The maximum atomic E-state index is 12.7. The Kier molecular flexibility index (Phi) is 8.39. The predicted molar refractivity (Wildman–Crippen MR) is 107 cm³/mol. The molecule has 0 atom stereocenters. The number of nitrogens with zero attached hydrogens (tertiary/aromatic N) is 1. The summed E-state index contributed by atoms with van der Waals surface area (Å²) in [6.07, 6.45) is 3.37. The summed E-state index contributed by atoms with van der Waals surface area (Å²) in [7, 11) is -3.45. The lowest BCUT2D eigenvalue weighted by Gasteiger charge is -2.30. The highest BCUT2D eigenvalue weighted by molar-refractivity contribution is 7.89. The van der Waals surface area contributed by atoms with Crippen LogP contribution in [-0.4, -0.2) is 39.5 Å². The quantitative estimate of drug-likeness (QED) is 0.755. The Morgan fingerprint density at radius 3 is 2.12 bits per heavy atom. The lowest BCUT2D eigenvalue weighted by molar-refractivity contribution is 0.191. The fourth-order valence-corrected chi connectivity index (χ4v) is 5.14. The molecule has 1 aromatic carbocycles. The van der Waals surface area contributed by atoms with Crippen LogP contribution in [0.25, 0.3) is 0 Å².